The third-order valence-electron chi connectivity index (χ3n) is 2.89. The van der Waals surface area contributed by atoms with Gasteiger partial charge in [0.15, 0.2) is 23.3 Å². The van der Waals surface area contributed by atoms with Crippen LogP contribution in [0.25, 0.3) is 0 Å². The summed E-state index contributed by atoms with van der Waals surface area (Å²) in [6.07, 6.45) is 0.837. The molecule has 0 aliphatic heterocycles. The second-order valence-electron chi connectivity index (χ2n) is 4.72. The zero-order valence-corrected chi connectivity index (χ0v) is 16.3. The lowest BCUT2D eigenvalue weighted by atomic mass is 10.2. The summed E-state index contributed by atoms with van der Waals surface area (Å²) in [5, 5.41) is 7.63. The molecule has 6 nitrogen and oxygen atoms in total. The molecular weight excluding hydrogens is 455 g/mol. The molecule has 0 bridgehead atoms. The number of rotatable bonds is 13. The zero-order valence-electron chi connectivity index (χ0n) is 17.9. The predicted octanol–water partition coefficient (Wildman–Crippen LogP) is 4.06. The van der Waals surface area contributed by atoms with Crippen LogP contribution in [0.5, 0.6) is 0 Å². The Morgan fingerprint density at radius 1 is 1.00 bits per heavy atom. The number of alkyl halides is 2. The van der Waals surface area contributed by atoms with Crippen molar-refractivity contribution >= 4 is 37.1 Å². The summed E-state index contributed by atoms with van der Waals surface area (Å²) < 4.78 is 113. The normalized spacial score (nSPS) is 15.2. The number of nitrogens with one attached hydrogen (secondary N) is 2. The number of nitrogens with zero attached hydrogens (tertiary/aromatic N) is 1. The van der Waals surface area contributed by atoms with Gasteiger partial charge in [0.05, 0.1) is 12.2 Å². The van der Waals surface area contributed by atoms with Gasteiger partial charge in [0, 0.05) is 42.9 Å². The average molecular weight is 476 g/mol. The molecule has 0 amide bonds. The van der Waals surface area contributed by atoms with Crippen molar-refractivity contribution in [2.24, 2.45) is 5.16 Å². The maximum absolute atomic E-state index is 13.5. The predicted molar refractivity (Wildman–Crippen MR) is 95.1 cm³/mol. The standard InChI is InChI=1S/C14H17Cl2F5N3O3P/c15-2-5-23-28(25,24-6-3-16)27-7-1-4-22-26-8-9-10(17)12(19)14(21)13(20)11(9)18/h4H,1-3,5-8H2,(H2,23,24,25)/b22-4-/i2D2,3D2. The molecule has 0 aromatic heterocycles. The Morgan fingerprint density at radius 3 is 2.00 bits per heavy atom. The fraction of sp³-hybridized carbons (Fsp3) is 0.500. The highest BCUT2D eigenvalue weighted by Gasteiger charge is 2.26. The van der Waals surface area contributed by atoms with Crippen molar-refractivity contribution in [2.75, 3.05) is 31.4 Å². The highest BCUT2D eigenvalue weighted by atomic mass is 35.5. The van der Waals surface area contributed by atoms with Crippen LogP contribution in [0.3, 0.4) is 0 Å². The van der Waals surface area contributed by atoms with Crippen molar-refractivity contribution < 1.29 is 41.4 Å². The Balaban J connectivity index is 2.61. The quantitative estimate of drug-likeness (QED) is 0.0657. The molecule has 2 N–H and O–H groups in total. The summed E-state index contributed by atoms with van der Waals surface area (Å²) >= 11 is 10.7. The minimum atomic E-state index is -4.01. The molecule has 160 valence electrons. The van der Waals surface area contributed by atoms with E-state index in [1.807, 2.05) is 0 Å². The summed E-state index contributed by atoms with van der Waals surface area (Å²) in [6, 6.07) is 0. The number of oxime groups is 1. The highest BCUT2D eigenvalue weighted by Crippen LogP contribution is 2.36. The van der Waals surface area contributed by atoms with Crippen molar-refractivity contribution in [3.63, 3.8) is 0 Å². The van der Waals surface area contributed by atoms with Gasteiger partial charge in [-0.3, -0.25) is 4.57 Å². The first-order chi connectivity index (χ1) is 14.6. The second kappa shape index (κ2) is 12.6. The minimum Gasteiger partial charge on any atom is -0.391 e. The van der Waals surface area contributed by atoms with Crippen molar-refractivity contribution in [2.45, 2.75) is 13.0 Å². The largest absolute Gasteiger partial charge is 0.391 e. The van der Waals surface area contributed by atoms with E-state index in [0.29, 0.717) is 0 Å². The van der Waals surface area contributed by atoms with Gasteiger partial charge in [0.1, 0.15) is 6.61 Å². The van der Waals surface area contributed by atoms with E-state index in [0.717, 1.165) is 6.21 Å². The molecule has 1 rings (SSSR count). The maximum Gasteiger partial charge on any atom is 0.340 e. The van der Waals surface area contributed by atoms with Crippen LogP contribution in [-0.4, -0.2) is 37.6 Å². The monoisotopic (exact) mass is 475 g/mol. The highest BCUT2D eigenvalue weighted by molar-refractivity contribution is 7.54. The van der Waals surface area contributed by atoms with Crippen LogP contribution in [0.4, 0.5) is 22.0 Å². The third kappa shape index (κ3) is 7.46. The maximum atomic E-state index is 13.5. The molecule has 0 atom stereocenters. The molecule has 14 heteroatoms. The Morgan fingerprint density at radius 2 is 1.50 bits per heavy atom. The smallest absolute Gasteiger partial charge is 0.340 e. The number of halogens is 7. The van der Waals surface area contributed by atoms with Crippen molar-refractivity contribution in [3.05, 3.63) is 34.6 Å². The van der Waals surface area contributed by atoms with E-state index in [1.165, 1.54) is 0 Å². The van der Waals surface area contributed by atoms with Crippen molar-refractivity contribution in [1.82, 2.24) is 10.2 Å². The van der Waals surface area contributed by atoms with Gasteiger partial charge in [-0.15, -0.1) is 23.2 Å². The number of benzene rings is 1. The molecule has 0 aliphatic rings. The molecule has 0 heterocycles. The topological polar surface area (TPSA) is 72.0 Å². The van der Waals surface area contributed by atoms with E-state index in [4.69, 9.17) is 33.2 Å². The summed E-state index contributed by atoms with van der Waals surface area (Å²) in [7, 11) is -4.01. The summed E-state index contributed by atoms with van der Waals surface area (Å²) in [4.78, 5) is 4.49. The molecular formula is C14H17Cl2F5N3O3P. The van der Waals surface area contributed by atoms with Crippen LogP contribution < -0.4 is 10.2 Å². The molecule has 0 saturated heterocycles. The van der Waals surface area contributed by atoms with E-state index in [2.05, 4.69) is 20.2 Å². The van der Waals surface area contributed by atoms with Gasteiger partial charge in [0.2, 0.25) is 5.82 Å². The van der Waals surface area contributed by atoms with E-state index in [-0.39, 0.29) is 13.0 Å². The van der Waals surface area contributed by atoms with E-state index >= 15 is 0 Å². The SMILES string of the molecule is [2H]C([2H])(Cl)CNP(=O)(NCC([2H])([2H])Cl)OCC/C=N\OCc1c(F)c(F)c(F)c(F)c1F. The van der Waals surface area contributed by atoms with Gasteiger partial charge >= 0.3 is 7.67 Å². The van der Waals surface area contributed by atoms with Gasteiger partial charge in [0.25, 0.3) is 0 Å². The van der Waals surface area contributed by atoms with Crippen LogP contribution in [0.1, 0.15) is 17.5 Å². The lowest BCUT2D eigenvalue weighted by Crippen LogP contribution is -2.27. The summed E-state index contributed by atoms with van der Waals surface area (Å²) in [6.45, 7) is -2.70. The average Bonchev–Trinajstić information content (AvgIpc) is 2.68. The fourth-order valence-corrected chi connectivity index (χ4v) is 3.18. The molecule has 0 radical (unpaired) electrons. The molecule has 0 spiro atoms. The fourth-order valence-electron chi connectivity index (χ4n) is 1.63. The third-order valence-corrected chi connectivity index (χ3v) is 4.85. The first kappa shape index (κ1) is 19.0. The lowest BCUT2D eigenvalue weighted by molar-refractivity contribution is 0.123. The van der Waals surface area contributed by atoms with Gasteiger partial charge < -0.3 is 9.36 Å². The summed E-state index contributed by atoms with van der Waals surface area (Å²) in [5.74, 6) is -15.3. The van der Waals surface area contributed by atoms with Crippen LogP contribution in [0.2, 0.25) is 0 Å². The van der Waals surface area contributed by atoms with Crippen LogP contribution in [0, 0.1) is 29.1 Å². The van der Waals surface area contributed by atoms with Gasteiger partial charge in [-0.25, -0.2) is 32.1 Å². The zero-order chi connectivity index (χ0) is 24.7. The molecule has 0 saturated carbocycles. The Labute approximate surface area is 173 Å². The summed E-state index contributed by atoms with van der Waals surface area (Å²) in [5.41, 5.74) is -1.22. The van der Waals surface area contributed by atoms with E-state index in [1.54, 1.807) is 0 Å². The molecule has 1 aromatic rings. The Kier molecular flexibility index (Phi) is 8.53. The Bertz CT molecular complexity index is 826. The van der Waals surface area contributed by atoms with E-state index in [9.17, 15) is 26.5 Å². The Hall–Kier alpha value is -0.970. The van der Waals surface area contributed by atoms with Gasteiger partial charge in [-0.05, 0) is 0 Å². The van der Waals surface area contributed by atoms with Gasteiger partial charge in [-0.2, -0.15) is 0 Å². The van der Waals surface area contributed by atoms with Crippen molar-refractivity contribution in [1.29, 1.82) is 0 Å². The minimum absolute atomic E-state index is 0.133. The molecule has 1 aromatic carbocycles. The molecule has 0 unspecified atom stereocenters. The molecule has 0 aliphatic carbocycles. The first-order valence-electron chi connectivity index (χ1n) is 9.33. The first-order valence-corrected chi connectivity index (χ1v) is 9.71. The second-order valence-corrected chi connectivity index (χ2v) is 7.25. The number of hydrogen-bond acceptors (Lipinski definition) is 4. The van der Waals surface area contributed by atoms with E-state index < -0.39 is 73.7 Å². The lowest BCUT2D eigenvalue weighted by Gasteiger charge is -2.19. The van der Waals surface area contributed by atoms with Crippen LogP contribution in [0.15, 0.2) is 5.16 Å². The van der Waals surface area contributed by atoms with Crippen molar-refractivity contribution in [3.8, 4) is 0 Å². The molecule has 0 fully saturated rings. The van der Waals surface area contributed by atoms with Crippen LogP contribution >= 0.6 is 30.9 Å². The van der Waals surface area contributed by atoms with Gasteiger partial charge in [-0.1, -0.05) is 5.16 Å². The van der Waals surface area contributed by atoms with Crippen LogP contribution in [-0.2, 0) is 20.5 Å². The molecule has 28 heavy (non-hydrogen) atoms. The number of hydrogen-bond donors (Lipinski definition) is 2.